The Hall–Kier alpha value is -0.340. The molecule has 16 heavy (non-hydrogen) atoms. The zero-order valence-electron chi connectivity index (χ0n) is 10.1. The largest absolute Gasteiger partial charge is 0.396 e. The van der Waals surface area contributed by atoms with E-state index in [4.69, 9.17) is 0 Å². The van der Waals surface area contributed by atoms with Crippen molar-refractivity contribution in [3.63, 3.8) is 0 Å². The topological polar surface area (TPSA) is 20.2 Å². The van der Waals surface area contributed by atoms with E-state index >= 15 is 0 Å². The van der Waals surface area contributed by atoms with Crippen LogP contribution in [-0.2, 0) is 0 Å². The van der Waals surface area contributed by atoms with E-state index in [0.29, 0.717) is 5.92 Å². The SMILES string of the molecule is CCCC(C)CC(CO)c1ccc(Br)cc1. The number of aliphatic hydroxyl groups excluding tert-OH is 1. The van der Waals surface area contributed by atoms with Crippen LogP contribution in [0.2, 0.25) is 0 Å². The van der Waals surface area contributed by atoms with Crippen LogP contribution < -0.4 is 0 Å². The third-order valence-electron chi connectivity index (χ3n) is 3.03. The summed E-state index contributed by atoms with van der Waals surface area (Å²) in [6.07, 6.45) is 3.54. The van der Waals surface area contributed by atoms with E-state index in [1.165, 1.54) is 18.4 Å². The lowest BCUT2D eigenvalue weighted by atomic mass is 9.88. The molecule has 0 spiro atoms. The van der Waals surface area contributed by atoms with Gasteiger partial charge in [-0.25, -0.2) is 0 Å². The molecule has 2 unspecified atom stereocenters. The quantitative estimate of drug-likeness (QED) is 0.823. The van der Waals surface area contributed by atoms with Crippen molar-refractivity contribution in [3.05, 3.63) is 34.3 Å². The van der Waals surface area contributed by atoms with Crippen LogP contribution in [0.5, 0.6) is 0 Å². The molecule has 1 aromatic rings. The molecule has 0 aliphatic rings. The van der Waals surface area contributed by atoms with Gasteiger partial charge in [0.2, 0.25) is 0 Å². The van der Waals surface area contributed by atoms with Gasteiger partial charge in [0.05, 0.1) is 0 Å². The third-order valence-corrected chi connectivity index (χ3v) is 3.56. The number of hydrogen-bond donors (Lipinski definition) is 1. The molecule has 1 aromatic carbocycles. The van der Waals surface area contributed by atoms with Gasteiger partial charge in [-0.05, 0) is 30.0 Å². The van der Waals surface area contributed by atoms with Crippen molar-refractivity contribution in [1.82, 2.24) is 0 Å². The highest BCUT2D eigenvalue weighted by atomic mass is 79.9. The first-order valence-corrected chi connectivity index (χ1v) is 6.83. The molecule has 0 saturated carbocycles. The summed E-state index contributed by atoms with van der Waals surface area (Å²) in [5.74, 6) is 0.973. The van der Waals surface area contributed by atoms with Crippen molar-refractivity contribution in [2.24, 2.45) is 5.92 Å². The van der Waals surface area contributed by atoms with Gasteiger partial charge in [0.15, 0.2) is 0 Å². The van der Waals surface area contributed by atoms with E-state index < -0.39 is 0 Å². The van der Waals surface area contributed by atoms with Crippen LogP contribution in [0.4, 0.5) is 0 Å². The molecule has 0 fully saturated rings. The number of hydrogen-bond acceptors (Lipinski definition) is 1. The molecule has 0 amide bonds. The second-order valence-corrected chi connectivity index (χ2v) is 5.48. The van der Waals surface area contributed by atoms with Gasteiger partial charge in [-0.15, -0.1) is 0 Å². The fourth-order valence-electron chi connectivity index (χ4n) is 2.15. The lowest BCUT2D eigenvalue weighted by Crippen LogP contribution is -2.09. The minimum absolute atomic E-state index is 0.246. The molecule has 0 saturated heterocycles. The highest BCUT2D eigenvalue weighted by molar-refractivity contribution is 9.10. The summed E-state index contributed by atoms with van der Waals surface area (Å²) in [4.78, 5) is 0. The highest BCUT2D eigenvalue weighted by Crippen LogP contribution is 2.26. The average Bonchev–Trinajstić information content (AvgIpc) is 2.27. The molecule has 1 N–H and O–H groups in total. The fraction of sp³-hybridized carbons (Fsp3) is 0.571. The molecule has 0 radical (unpaired) electrons. The molecule has 2 atom stereocenters. The van der Waals surface area contributed by atoms with E-state index in [1.54, 1.807) is 0 Å². The number of benzene rings is 1. The van der Waals surface area contributed by atoms with Gasteiger partial charge in [0, 0.05) is 17.0 Å². The predicted molar refractivity (Wildman–Crippen MR) is 72.7 cm³/mol. The minimum Gasteiger partial charge on any atom is -0.396 e. The summed E-state index contributed by atoms with van der Waals surface area (Å²) in [6.45, 7) is 4.73. The molecular formula is C14H21BrO. The Kier molecular flexibility index (Phi) is 6.07. The molecule has 1 rings (SSSR count). The molecular weight excluding hydrogens is 264 g/mol. The Labute approximate surface area is 107 Å². The Morgan fingerprint density at radius 1 is 1.25 bits per heavy atom. The van der Waals surface area contributed by atoms with Gasteiger partial charge >= 0.3 is 0 Å². The van der Waals surface area contributed by atoms with Crippen molar-refractivity contribution < 1.29 is 5.11 Å². The van der Waals surface area contributed by atoms with Gasteiger partial charge in [-0.1, -0.05) is 54.8 Å². The minimum atomic E-state index is 0.246. The van der Waals surface area contributed by atoms with Crippen LogP contribution in [0.1, 0.15) is 44.6 Å². The van der Waals surface area contributed by atoms with Gasteiger partial charge in [0.25, 0.3) is 0 Å². The molecule has 90 valence electrons. The molecule has 0 aliphatic carbocycles. The van der Waals surface area contributed by atoms with Gasteiger partial charge in [-0.3, -0.25) is 0 Å². The lowest BCUT2D eigenvalue weighted by molar-refractivity contribution is 0.243. The summed E-state index contributed by atoms with van der Waals surface area (Å²) < 4.78 is 1.09. The van der Waals surface area contributed by atoms with E-state index in [0.717, 1.165) is 10.9 Å². The first-order valence-electron chi connectivity index (χ1n) is 6.03. The molecule has 2 heteroatoms. The van der Waals surface area contributed by atoms with Crippen molar-refractivity contribution >= 4 is 15.9 Å². The zero-order valence-corrected chi connectivity index (χ0v) is 11.7. The maximum Gasteiger partial charge on any atom is 0.0499 e. The number of rotatable bonds is 6. The van der Waals surface area contributed by atoms with Crippen molar-refractivity contribution in [1.29, 1.82) is 0 Å². The first kappa shape index (κ1) is 13.7. The molecule has 0 aromatic heterocycles. The van der Waals surface area contributed by atoms with E-state index in [1.807, 2.05) is 12.1 Å². The molecule has 0 bridgehead atoms. The van der Waals surface area contributed by atoms with Gasteiger partial charge < -0.3 is 5.11 Å². The van der Waals surface area contributed by atoms with E-state index in [9.17, 15) is 5.11 Å². The highest BCUT2D eigenvalue weighted by Gasteiger charge is 2.13. The lowest BCUT2D eigenvalue weighted by Gasteiger charge is -2.19. The second-order valence-electron chi connectivity index (χ2n) is 4.56. The summed E-state index contributed by atoms with van der Waals surface area (Å²) in [5, 5.41) is 9.45. The van der Waals surface area contributed by atoms with Crippen LogP contribution in [0.3, 0.4) is 0 Å². The van der Waals surface area contributed by atoms with Gasteiger partial charge in [-0.2, -0.15) is 0 Å². The molecule has 0 aliphatic heterocycles. The summed E-state index contributed by atoms with van der Waals surface area (Å²) in [7, 11) is 0. The zero-order chi connectivity index (χ0) is 12.0. The molecule has 1 nitrogen and oxygen atoms in total. The summed E-state index contributed by atoms with van der Waals surface area (Å²) in [5.41, 5.74) is 1.24. The standard InChI is InChI=1S/C14H21BrO/c1-3-4-11(2)9-13(10-16)12-5-7-14(15)8-6-12/h5-8,11,13,16H,3-4,9-10H2,1-2H3. The Morgan fingerprint density at radius 3 is 2.38 bits per heavy atom. The maximum atomic E-state index is 9.45. The predicted octanol–water partition coefficient (Wildman–Crippen LogP) is 4.35. The normalized spacial score (nSPS) is 14.8. The third kappa shape index (κ3) is 4.26. The number of aliphatic hydroxyl groups is 1. The smallest absolute Gasteiger partial charge is 0.0499 e. The summed E-state index contributed by atoms with van der Waals surface area (Å²) >= 11 is 3.43. The van der Waals surface area contributed by atoms with Crippen molar-refractivity contribution in [2.75, 3.05) is 6.61 Å². The second kappa shape index (κ2) is 7.08. The van der Waals surface area contributed by atoms with E-state index in [2.05, 4.69) is 41.9 Å². The average molecular weight is 285 g/mol. The fourth-order valence-corrected chi connectivity index (χ4v) is 2.41. The van der Waals surface area contributed by atoms with Crippen LogP contribution in [0.15, 0.2) is 28.7 Å². The Morgan fingerprint density at radius 2 is 1.88 bits per heavy atom. The number of halogens is 1. The van der Waals surface area contributed by atoms with Crippen LogP contribution >= 0.6 is 15.9 Å². The van der Waals surface area contributed by atoms with E-state index in [-0.39, 0.29) is 12.5 Å². The van der Waals surface area contributed by atoms with Crippen LogP contribution in [-0.4, -0.2) is 11.7 Å². The van der Waals surface area contributed by atoms with Crippen molar-refractivity contribution in [2.45, 2.75) is 39.0 Å². The Balaban J connectivity index is 2.63. The molecule has 0 heterocycles. The van der Waals surface area contributed by atoms with Crippen LogP contribution in [0, 0.1) is 5.92 Å². The van der Waals surface area contributed by atoms with Gasteiger partial charge in [0.1, 0.15) is 0 Å². The maximum absolute atomic E-state index is 9.45. The summed E-state index contributed by atoms with van der Waals surface area (Å²) in [6, 6.07) is 8.29. The Bertz CT molecular complexity index is 294. The van der Waals surface area contributed by atoms with Crippen molar-refractivity contribution in [3.8, 4) is 0 Å². The first-order chi connectivity index (χ1) is 7.67. The monoisotopic (exact) mass is 284 g/mol. The van der Waals surface area contributed by atoms with Crippen LogP contribution in [0.25, 0.3) is 0 Å².